The molecular weight excluding hydrogens is 228 g/mol. The predicted octanol–water partition coefficient (Wildman–Crippen LogP) is 1.17. The number of hydrogen-bond donors (Lipinski definition) is 2. The van der Waals surface area contributed by atoms with Gasteiger partial charge in [-0.15, -0.1) is 11.6 Å². The largest absolute Gasteiger partial charge is 0.369 e. The fourth-order valence-corrected chi connectivity index (χ4v) is 2.18. The zero-order chi connectivity index (χ0) is 12.0. The number of amides is 2. The molecule has 0 bridgehead atoms. The Morgan fingerprint density at radius 1 is 1.25 bits per heavy atom. The maximum absolute atomic E-state index is 11.4. The molecule has 0 spiro atoms. The molecule has 3 N–H and O–H groups in total. The second-order valence-electron chi connectivity index (χ2n) is 4.31. The molecule has 0 radical (unpaired) electrons. The number of carbonyl (C=O) groups excluding carboxylic acids is 2. The second-order valence-corrected chi connectivity index (χ2v) is 4.69. The van der Waals surface area contributed by atoms with Gasteiger partial charge >= 0.3 is 0 Å². The van der Waals surface area contributed by atoms with Crippen LogP contribution in [0.15, 0.2) is 0 Å². The first-order valence-corrected chi connectivity index (χ1v) is 6.31. The van der Waals surface area contributed by atoms with Crippen molar-refractivity contribution < 1.29 is 9.59 Å². The molecule has 0 unspecified atom stereocenters. The molecule has 2 amide bonds. The molecule has 1 rings (SSSR count). The van der Waals surface area contributed by atoms with Crippen molar-refractivity contribution in [3.05, 3.63) is 0 Å². The van der Waals surface area contributed by atoms with Gasteiger partial charge in [0, 0.05) is 24.3 Å². The summed E-state index contributed by atoms with van der Waals surface area (Å²) in [6.07, 6.45) is 4.47. The molecule has 92 valence electrons. The summed E-state index contributed by atoms with van der Waals surface area (Å²) >= 11 is 5.51. The van der Waals surface area contributed by atoms with Crippen LogP contribution in [0, 0.1) is 5.92 Å². The summed E-state index contributed by atoms with van der Waals surface area (Å²) in [6.45, 7) is 0. The van der Waals surface area contributed by atoms with Gasteiger partial charge in [0.05, 0.1) is 0 Å². The molecule has 1 fully saturated rings. The summed E-state index contributed by atoms with van der Waals surface area (Å²) in [4.78, 5) is 22.4. The molecule has 5 heteroatoms. The van der Waals surface area contributed by atoms with Gasteiger partial charge < -0.3 is 11.1 Å². The summed E-state index contributed by atoms with van der Waals surface area (Å²) in [6, 6.07) is 0.207. The normalized spacial score (nSPS) is 25.1. The summed E-state index contributed by atoms with van der Waals surface area (Å²) in [5, 5.41) is 2.96. The maximum Gasteiger partial charge on any atom is 0.220 e. The van der Waals surface area contributed by atoms with Crippen molar-refractivity contribution in [3.63, 3.8) is 0 Å². The van der Waals surface area contributed by atoms with E-state index in [2.05, 4.69) is 5.32 Å². The van der Waals surface area contributed by atoms with Crippen LogP contribution in [0.2, 0.25) is 0 Å². The lowest BCUT2D eigenvalue weighted by molar-refractivity contribution is -0.123. The number of halogens is 1. The summed E-state index contributed by atoms with van der Waals surface area (Å²) in [5.41, 5.74) is 5.24. The molecule has 0 aromatic rings. The first kappa shape index (κ1) is 13.3. The smallest absolute Gasteiger partial charge is 0.220 e. The molecule has 0 aliphatic heterocycles. The molecule has 0 aromatic carbocycles. The number of carbonyl (C=O) groups is 2. The van der Waals surface area contributed by atoms with Crippen LogP contribution in [0.1, 0.15) is 38.5 Å². The lowest BCUT2D eigenvalue weighted by Crippen LogP contribution is -2.39. The molecule has 0 saturated heterocycles. The molecule has 0 atom stereocenters. The Hall–Kier alpha value is -0.770. The van der Waals surface area contributed by atoms with E-state index in [9.17, 15) is 9.59 Å². The minimum absolute atomic E-state index is 0.00371. The number of alkyl halides is 1. The molecule has 4 nitrogen and oxygen atoms in total. The molecule has 1 aliphatic carbocycles. The predicted molar refractivity (Wildman–Crippen MR) is 63.0 cm³/mol. The SMILES string of the molecule is NC(=O)C1CCC(NC(=O)CCCCl)CC1. The van der Waals surface area contributed by atoms with Crippen molar-refractivity contribution in [1.82, 2.24) is 5.32 Å². The van der Waals surface area contributed by atoms with E-state index in [-0.39, 0.29) is 23.8 Å². The zero-order valence-electron chi connectivity index (χ0n) is 9.38. The highest BCUT2D eigenvalue weighted by molar-refractivity contribution is 6.17. The van der Waals surface area contributed by atoms with Gasteiger partial charge in [-0.25, -0.2) is 0 Å². The highest BCUT2D eigenvalue weighted by Crippen LogP contribution is 2.23. The van der Waals surface area contributed by atoms with Crippen LogP contribution in [-0.4, -0.2) is 23.7 Å². The van der Waals surface area contributed by atoms with Gasteiger partial charge in [-0.2, -0.15) is 0 Å². The van der Waals surface area contributed by atoms with Gasteiger partial charge in [-0.05, 0) is 32.1 Å². The third-order valence-electron chi connectivity index (χ3n) is 3.03. The van der Waals surface area contributed by atoms with Gasteiger partial charge in [0.25, 0.3) is 0 Å². The van der Waals surface area contributed by atoms with Crippen molar-refractivity contribution >= 4 is 23.4 Å². The Morgan fingerprint density at radius 2 is 1.88 bits per heavy atom. The van der Waals surface area contributed by atoms with E-state index in [0.29, 0.717) is 18.7 Å². The van der Waals surface area contributed by atoms with E-state index in [1.165, 1.54) is 0 Å². The third-order valence-corrected chi connectivity index (χ3v) is 3.30. The highest BCUT2D eigenvalue weighted by atomic mass is 35.5. The van der Waals surface area contributed by atoms with E-state index in [1.807, 2.05) is 0 Å². The van der Waals surface area contributed by atoms with Crippen molar-refractivity contribution in [2.75, 3.05) is 5.88 Å². The number of nitrogens with one attached hydrogen (secondary N) is 1. The Bertz CT molecular complexity index is 250. The van der Waals surface area contributed by atoms with Crippen molar-refractivity contribution in [2.45, 2.75) is 44.6 Å². The van der Waals surface area contributed by atoms with Crippen molar-refractivity contribution in [2.24, 2.45) is 11.7 Å². The van der Waals surface area contributed by atoms with Crippen LogP contribution in [0.4, 0.5) is 0 Å². The van der Waals surface area contributed by atoms with Gasteiger partial charge in [-0.3, -0.25) is 9.59 Å². The maximum atomic E-state index is 11.4. The quantitative estimate of drug-likeness (QED) is 0.715. The molecule has 1 aliphatic rings. The minimum atomic E-state index is -0.216. The van der Waals surface area contributed by atoms with E-state index in [4.69, 9.17) is 17.3 Å². The number of nitrogens with two attached hydrogens (primary N) is 1. The molecule has 0 heterocycles. The number of rotatable bonds is 5. The van der Waals surface area contributed by atoms with E-state index in [0.717, 1.165) is 25.7 Å². The van der Waals surface area contributed by atoms with Crippen LogP contribution in [0.5, 0.6) is 0 Å². The van der Waals surface area contributed by atoms with E-state index in [1.54, 1.807) is 0 Å². The average molecular weight is 247 g/mol. The molecule has 1 saturated carbocycles. The lowest BCUT2D eigenvalue weighted by atomic mass is 9.85. The summed E-state index contributed by atoms with van der Waals surface area (Å²) < 4.78 is 0. The van der Waals surface area contributed by atoms with Gasteiger partial charge in [0.1, 0.15) is 0 Å². The fraction of sp³-hybridized carbons (Fsp3) is 0.818. The fourth-order valence-electron chi connectivity index (χ4n) is 2.05. The first-order valence-electron chi connectivity index (χ1n) is 5.78. The Balaban J connectivity index is 2.21. The lowest BCUT2D eigenvalue weighted by Gasteiger charge is -2.27. The minimum Gasteiger partial charge on any atom is -0.369 e. The van der Waals surface area contributed by atoms with Gasteiger partial charge in [-0.1, -0.05) is 0 Å². The van der Waals surface area contributed by atoms with Crippen molar-refractivity contribution in [1.29, 1.82) is 0 Å². The third kappa shape index (κ3) is 4.39. The topological polar surface area (TPSA) is 72.2 Å². The molecular formula is C11H19ClN2O2. The van der Waals surface area contributed by atoms with Gasteiger partial charge in [0.15, 0.2) is 0 Å². The van der Waals surface area contributed by atoms with E-state index < -0.39 is 0 Å². The average Bonchev–Trinajstić information content (AvgIpc) is 2.27. The Labute approximate surface area is 101 Å². The first-order chi connectivity index (χ1) is 7.63. The number of primary amides is 1. The van der Waals surface area contributed by atoms with Crippen LogP contribution >= 0.6 is 11.6 Å². The Kier molecular flexibility index (Phi) is 5.60. The van der Waals surface area contributed by atoms with E-state index >= 15 is 0 Å². The summed E-state index contributed by atoms with van der Waals surface area (Å²) in [5.74, 6) is 0.355. The van der Waals surface area contributed by atoms with Crippen LogP contribution in [-0.2, 0) is 9.59 Å². The van der Waals surface area contributed by atoms with Gasteiger partial charge in [0.2, 0.25) is 11.8 Å². The molecule has 16 heavy (non-hydrogen) atoms. The van der Waals surface area contributed by atoms with Crippen LogP contribution in [0.25, 0.3) is 0 Å². The standard InChI is InChI=1S/C11H19ClN2O2/c12-7-1-2-10(15)14-9-5-3-8(4-6-9)11(13)16/h8-9H,1-7H2,(H2,13,16)(H,14,15). The number of hydrogen-bond acceptors (Lipinski definition) is 2. The monoisotopic (exact) mass is 246 g/mol. The second kappa shape index (κ2) is 6.74. The molecule has 0 aromatic heterocycles. The van der Waals surface area contributed by atoms with Crippen LogP contribution in [0.3, 0.4) is 0 Å². The van der Waals surface area contributed by atoms with Crippen LogP contribution < -0.4 is 11.1 Å². The Morgan fingerprint density at radius 3 is 2.38 bits per heavy atom. The summed E-state index contributed by atoms with van der Waals surface area (Å²) in [7, 11) is 0. The highest BCUT2D eigenvalue weighted by Gasteiger charge is 2.25. The zero-order valence-corrected chi connectivity index (χ0v) is 10.1. The van der Waals surface area contributed by atoms with Crippen molar-refractivity contribution in [3.8, 4) is 0 Å².